The van der Waals surface area contributed by atoms with Gasteiger partial charge in [-0.2, -0.15) is 0 Å². The first kappa shape index (κ1) is 12.4. The molecule has 2 N–H and O–H groups in total. The fourth-order valence-corrected chi connectivity index (χ4v) is 2.06. The van der Waals surface area contributed by atoms with Gasteiger partial charge in [0.1, 0.15) is 0 Å². The number of anilines is 1. The van der Waals surface area contributed by atoms with E-state index >= 15 is 0 Å². The Labute approximate surface area is 106 Å². The second-order valence-electron chi connectivity index (χ2n) is 4.48. The molecule has 0 saturated carbocycles. The minimum absolute atomic E-state index is 0.157. The van der Waals surface area contributed by atoms with Crippen LogP contribution in [0, 0.1) is 6.92 Å². The van der Waals surface area contributed by atoms with Crippen LogP contribution in [0.25, 0.3) is 0 Å². The van der Waals surface area contributed by atoms with Gasteiger partial charge in [-0.05, 0) is 18.6 Å². The number of benzene rings is 1. The fourth-order valence-electron chi connectivity index (χ4n) is 2.06. The Morgan fingerprint density at radius 2 is 2.22 bits per heavy atom. The Balaban J connectivity index is 2.16. The molecule has 1 aromatic carbocycles. The maximum Gasteiger partial charge on any atom is 0.341 e. The summed E-state index contributed by atoms with van der Waals surface area (Å²) in [4.78, 5) is 25.2. The molecule has 0 radical (unpaired) electrons. The normalized spacial score (nSPS) is 19.1. The summed E-state index contributed by atoms with van der Waals surface area (Å²) < 4.78 is 5.23. The minimum atomic E-state index is -0.679. The third kappa shape index (κ3) is 2.16. The molecule has 1 saturated heterocycles. The molecule has 1 atom stereocenters. The van der Waals surface area contributed by atoms with Crippen molar-refractivity contribution in [3.63, 3.8) is 0 Å². The minimum Gasteiger partial charge on any atom is -0.449 e. The lowest BCUT2D eigenvalue weighted by Crippen LogP contribution is -2.29. The summed E-state index contributed by atoms with van der Waals surface area (Å²) in [7, 11) is 1.69. The van der Waals surface area contributed by atoms with E-state index in [0.717, 1.165) is 5.56 Å². The van der Waals surface area contributed by atoms with Crippen molar-refractivity contribution in [1.82, 2.24) is 4.90 Å². The molecule has 1 amide bonds. The number of amides is 1. The lowest BCUT2D eigenvalue weighted by Gasteiger charge is -2.13. The average molecular weight is 248 g/mol. The summed E-state index contributed by atoms with van der Waals surface area (Å²) in [6.07, 6.45) is -0.145. The molecule has 1 aromatic rings. The largest absolute Gasteiger partial charge is 0.449 e. The van der Waals surface area contributed by atoms with Crippen molar-refractivity contribution in [2.24, 2.45) is 0 Å². The summed E-state index contributed by atoms with van der Waals surface area (Å²) in [5, 5.41) is 0. The molecule has 1 aliphatic rings. The van der Waals surface area contributed by atoms with Gasteiger partial charge in [-0.25, -0.2) is 4.79 Å². The molecular weight excluding hydrogens is 232 g/mol. The highest BCUT2D eigenvalue weighted by Gasteiger charge is 2.33. The number of hydrogen-bond acceptors (Lipinski definition) is 4. The Morgan fingerprint density at radius 1 is 1.50 bits per heavy atom. The van der Waals surface area contributed by atoms with Gasteiger partial charge in [0, 0.05) is 25.7 Å². The first-order valence-corrected chi connectivity index (χ1v) is 5.81. The van der Waals surface area contributed by atoms with E-state index in [1.54, 1.807) is 37.1 Å². The van der Waals surface area contributed by atoms with Gasteiger partial charge in [-0.1, -0.05) is 12.1 Å². The third-order valence-corrected chi connectivity index (χ3v) is 3.14. The molecule has 5 nitrogen and oxygen atoms in total. The van der Waals surface area contributed by atoms with Gasteiger partial charge < -0.3 is 15.4 Å². The molecule has 0 bridgehead atoms. The van der Waals surface area contributed by atoms with Crippen LogP contribution in [0.5, 0.6) is 0 Å². The van der Waals surface area contributed by atoms with Crippen LogP contribution in [-0.4, -0.2) is 36.5 Å². The molecule has 0 spiro atoms. The summed E-state index contributed by atoms with van der Waals surface area (Å²) >= 11 is 0. The van der Waals surface area contributed by atoms with E-state index in [9.17, 15) is 9.59 Å². The molecular formula is C13H16N2O3. The van der Waals surface area contributed by atoms with Crippen molar-refractivity contribution in [3.05, 3.63) is 29.3 Å². The van der Waals surface area contributed by atoms with Gasteiger partial charge in [-0.3, -0.25) is 4.79 Å². The Morgan fingerprint density at radius 3 is 2.78 bits per heavy atom. The summed E-state index contributed by atoms with van der Waals surface area (Å²) in [5.74, 6) is -0.685. The highest BCUT2D eigenvalue weighted by atomic mass is 16.5. The number of likely N-dealkylation sites (N-methyl/N-ethyl adjacent to an activating group) is 1. The predicted octanol–water partition coefficient (Wildman–Crippen LogP) is 0.965. The lowest BCUT2D eigenvalue weighted by atomic mass is 10.1. The van der Waals surface area contributed by atoms with Crippen molar-refractivity contribution in [2.45, 2.75) is 19.4 Å². The zero-order chi connectivity index (χ0) is 13.3. The molecule has 18 heavy (non-hydrogen) atoms. The molecule has 1 unspecified atom stereocenters. The second-order valence-corrected chi connectivity index (χ2v) is 4.48. The van der Waals surface area contributed by atoms with Crippen LogP contribution in [0.1, 0.15) is 22.3 Å². The van der Waals surface area contributed by atoms with Crippen LogP contribution < -0.4 is 5.73 Å². The smallest absolute Gasteiger partial charge is 0.341 e. The van der Waals surface area contributed by atoms with Gasteiger partial charge in [0.2, 0.25) is 0 Å². The standard InChI is InChI=1S/C13H16N2O3/c1-8-4-3-5-9(14)11(8)13(17)18-10-6-7-15(2)12(10)16/h3-5,10H,6-7,14H2,1-2H3. The van der Waals surface area contributed by atoms with E-state index in [1.807, 2.05) is 0 Å². The van der Waals surface area contributed by atoms with Gasteiger partial charge in [-0.15, -0.1) is 0 Å². The van der Waals surface area contributed by atoms with E-state index in [-0.39, 0.29) is 5.91 Å². The zero-order valence-corrected chi connectivity index (χ0v) is 10.5. The molecule has 96 valence electrons. The van der Waals surface area contributed by atoms with Gasteiger partial charge in [0.15, 0.2) is 6.10 Å². The number of esters is 1. The zero-order valence-electron chi connectivity index (χ0n) is 10.5. The van der Waals surface area contributed by atoms with Crippen molar-refractivity contribution >= 4 is 17.6 Å². The maximum absolute atomic E-state index is 12.0. The van der Waals surface area contributed by atoms with E-state index in [4.69, 9.17) is 10.5 Å². The number of nitrogens with zero attached hydrogens (tertiary/aromatic N) is 1. The van der Waals surface area contributed by atoms with Crippen LogP contribution in [0.2, 0.25) is 0 Å². The quantitative estimate of drug-likeness (QED) is 0.625. The number of likely N-dealkylation sites (tertiary alicyclic amines) is 1. The van der Waals surface area contributed by atoms with E-state index in [0.29, 0.717) is 24.2 Å². The monoisotopic (exact) mass is 248 g/mol. The Kier molecular flexibility index (Phi) is 3.23. The van der Waals surface area contributed by atoms with E-state index in [1.165, 1.54) is 0 Å². The molecule has 1 aliphatic heterocycles. The van der Waals surface area contributed by atoms with Gasteiger partial charge in [0.25, 0.3) is 5.91 Å². The first-order chi connectivity index (χ1) is 8.50. The van der Waals surface area contributed by atoms with Crippen LogP contribution in [-0.2, 0) is 9.53 Å². The highest BCUT2D eigenvalue weighted by molar-refractivity contribution is 5.98. The van der Waals surface area contributed by atoms with Crippen LogP contribution >= 0.6 is 0 Å². The number of carbonyl (C=O) groups excluding carboxylic acids is 2. The number of ether oxygens (including phenoxy) is 1. The second kappa shape index (κ2) is 4.68. The van der Waals surface area contributed by atoms with Crippen molar-refractivity contribution in [1.29, 1.82) is 0 Å². The van der Waals surface area contributed by atoms with Crippen LogP contribution in [0.3, 0.4) is 0 Å². The van der Waals surface area contributed by atoms with Crippen molar-refractivity contribution < 1.29 is 14.3 Å². The molecule has 0 aromatic heterocycles. The molecule has 1 heterocycles. The third-order valence-electron chi connectivity index (χ3n) is 3.14. The summed E-state index contributed by atoms with van der Waals surface area (Å²) in [6.45, 7) is 2.40. The number of nitrogens with two attached hydrogens (primary N) is 1. The first-order valence-electron chi connectivity index (χ1n) is 5.81. The topological polar surface area (TPSA) is 72.6 Å². The van der Waals surface area contributed by atoms with Crippen molar-refractivity contribution in [3.8, 4) is 0 Å². The fraction of sp³-hybridized carbons (Fsp3) is 0.385. The number of carbonyl (C=O) groups is 2. The number of hydrogen-bond donors (Lipinski definition) is 1. The predicted molar refractivity (Wildman–Crippen MR) is 67.0 cm³/mol. The van der Waals surface area contributed by atoms with Crippen molar-refractivity contribution in [2.75, 3.05) is 19.3 Å². The highest BCUT2D eigenvalue weighted by Crippen LogP contribution is 2.20. The molecule has 1 fully saturated rings. The number of nitrogen functional groups attached to an aromatic ring is 1. The SMILES string of the molecule is Cc1cccc(N)c1C(=O)OC1CCN(C)C1=O. The van der Waals surface area contributed by atoms with Gasteiger partial charge in [0.05, 0.1) is 5.56 Å². The number of aryl methyl sites for hydroxylation is 1. The van der Waals surface area contributed by atoms with E-state index < -0.39 is 12.1 Å². The van der Waals surface area contributed by atoms with E-state index in [2.05, 4.69) is 0 Å². The van der Waals surface area contributed by atoms with Crippen LogP contribution in [0.15, 0.2) is 18.2 Å². The van der Waals surface area contributed by atoms with Gasteiger partial charge >= 0.3 is 5.97 Å². The Hall–Kier alpha value is -2.04. The lowest BCUT2D eigenvalue weighted by molar-refractivity contribution is -0.133. The summed E-state index contributed by atoms with van der Waals surface area (Å²) in [6, 6.07) is 5.21. The average Bonchev–Trinajstić information content (AvgIpc) is 2.61. The maximum atomic E-state index is 12.0. The van der Waals surface area contributed by atoms with Crippen LogP contribution in [0.4, 0.5) is 5.69 Å². The molecule has 2 rings (SSSR count). The molecule has 0 aliphatic carbocycles. The molecule has 5 heteroatoms. The summed E-state index contributed by atoms with van der Waals surface area (Å²) in [5.41, 5.74) is 7.23. The Bertz CT molecular complexity index is 479. The number of rotatable bonds is 2.